The molecule has 3 N–H and O–H groups in total. The molecule has 38 heavy (non-hydrogen) atoms. The fourth-order valence-corrected chi connectivity index (χ4v) is 5.22. The van der Waals surface area contributed by atoms with E-state index in [1.54, 1.807) is 30.4 Å². The first-order valence-electron chi connectivity index (χ1n) is 11.9. The highest BCUT2D eigenvalue weighted by molar-refractivity contribution is 7.94. The van der Waals surface area contributed by atoms with E-state index < -0.39 is 38.6 Å². The fraction of sp³-hybridized carbons (Fsp3) is 0.296. The molecule has 2 atom stereocenters. The smallest absolute Gasteiger partial charge is 0.396 e. The molecule has 3 rings (SSSR count). The Hall–Kier alpha value is -3.41. The Morgan fingerprint density at radius 2 is 1.92 bits per heavy atom. The fourth-order valence-electron chi connectivity index (χ4n) is 3.94. The number of pyridine rings is 1. The maximum Gasteiger partial charge on any atom is 0.418 e. The van der Waals surface area contributed by atoms with E-state index in [0.717, 1.165) is 12.1 Å². The third-order valence-electron chi connectivity index (χ3n) is 5.80. The molecule has 0 bridgehead atoms. The van der Waals surface area contributed by atoms with Crippen molar-refractivity contribution < 1.29 is 31.4 Å². The van der Waals surface area contributed by atoms with E-state index in [9.17, 15) is 26.7 Å². The average molecular weight is 550 g/mol. The Balaban J connectivity index is 2.04. The number of aliphatic hydroxyl groups excluding tert-OH is 1. The second kappa shape index (κ2) is 12.4. The number of nitrogens with zero attached hydrogens (tertiary/aromatic N) is 1. The lowest BCUT2D eigenvalue weighted by atomic mass is 10.00. The van der Waals surface area contributed by atoms with Gasteiger partial charge in [0.1, 0.15) is 5.82 Å². The number of dihydropyridines is 1. The van der Waals surface area contributed by atoms with Gasteiger partial charge in [0.05, 0.1) is 17.4 Å². The second-order valence-corrected chi connectivity index (χ2v) is 10.3. The SMILES string of the molecule is C=CCCC(CCCO)OC1(S(=O)(=O)Nc2ccc(C(F)(F)F)c(-c3ccccc3C=C)n2)C=CC=CN1. The van der Waals surface area contributed by atoms with Crippen LogP contribution in [-0.2, 0) is 20.9 Å². The summed E-state index contributed by atoms with van der Waals surface area (Å²) in [6.07, 6.45) is 5.27. The summed E-state index contributed by atoms with van der Waals surface area (Å²) in [4.78, 5) is 4.08. The number of benzene rings is 1. The van der Waals surface area contributed by atoms with Gasteiger partial charge in [0.2, 0.25) is 0 Å². The number of hydrogen-bond acceptors (Lipinski definition) is 6. The van der Waals surface area contributed by atoms with Crippen LogP contribution in [0, 0.1) is 0 Å². The number of aliphatic hydroxyl groups is 1. The molecule has 0 radical (unpaired) electrons. The number of nitrogens with one attached hydrogen (secondary N) is 2. The highest BCUT2D eigenvalue weighted by Crippen LogP contribution is 2.38. The van der Waals surface area contributed by atoms with Crippen molar-refractivity contribution in [2.45, 2.75) is 43.0 Å². The van der Waals surface area contributed by atoms with Gasteiger partial charge in [0.25, 0.3) is 15.1 Å². The summed E-state index contributed by atoms with van der Waals surface area (Å²) >= 11 is 0. The Kier molecular flexibility index (Phi) is 9.53. The van der Waals surface area contributed by atoms with Crippen LogP contribution < -0.4 is 10.0 Å². The average Bonchev–Trinajstić information content (AvgIpc) is 2.89. The predicted molar refractivity (Wildman–Crippen MR) is 142 cm³/mol. The molecular formula is C27H30F3N3O4S. The van der Waals surface area contributed by atoms with Crippen molar-refractivity contribution in [3.8, 4) is 11.3 Å². The van der Waals surface area contributed by atoms with E-state index in [1.807, 2.05) is 0 Å². The largest absolute Gasteiger partial charge is 0.418 e. The summed E-state index contributed by atoms with van der Waals surface area (Å²) in [6, 6.07) is 7.99. The summed E-state index contributed by atoms with van der Waals surface area (Å²) in [6.45, 7) is 7.23. The van der Waals surface area contributed by atoms with Crippen LogP contribution in [0.5, 0.6) is 0 Å². The predicted octanol–water partition coefficient (Wildman–Crippen LogP) is 5.60. The number of anilines is 1. The zero-order chi connectivity index (χ0) is 27.8. The van der Waals surface area contributed by atoms with Crippen LogP contribution in [0.3, 0.4) is 0 Å². The maximum absolute atomic E-state index is 13.9. The maximum atomic E-state index is 13.9. The van der Waals surface area contributed by atoms with Gasteiger partial charge < -0.3 is 15.2 Å². The third kappa shape index (κ3) is 6.72. The van der Waals surface area contributed by atoms with Crippen LogP contribution in [0.25, 0.3) is 17.3 Å². The van der Waals surface area contributed by atoms with Gasteiger partial charge in [-0.05, 0) is 55.5 Å². The van der Waals surface area contributed by atoms with E-state index in [4.69, 9.17) is 4.74 Å². The number of rotatable bonds is 13. The molecule has 0 saturated heterocycles. The number of ether oxygens (including phenoxy) is 1. The van der Waals surface area contributed by atoms with E-state index in [0.29, 0.717) is 31.2 Å². The lowest BCUT2D eigenvalue weighted by molar-refractivity contribution is -0.137. The van der Waals surface area contributed by atoms with Crippen molar-refractivity contribution in [2.75, 3.05) is 11.3 Å². The van der Waals surface area contributed by atoms with Crippen molar-refractivity contribution in [3.63, 3.8) is 0 Å². The van der Waals surface area contributed by atoms with Crippen molar-refractivity contribution in [1.82, 2.24) is 10.3 Å². The van der Waals surface area contributed by atoms with Gasteiger partial charge in [-0.25, -0.2) is 13.4 Å². The van der Waals surface area contributed by atoms with Gasteiger partial charge in [0, 0.05) is 18.4 Å². The molecule has 1 aliphatic heterocycles. The molecular weight excluding hydrogens is 519 g/mol. The number of halogens is 3. The zero-order valence-corrected chi connectivity index (χ0v) is 21.4. The van der Waals surface area contributed by atoms with Crippen LogP contribution in [0.15, 0.2) is 80.1 Å². The number of allylic oxidation sites excluding steroid dienone is 3. The Morgan fingerprint density at radius 1 is 1.16 bits per heavy atom. The minimum Gasteiger partial charge on any atom is -0.396 e. The summed E-state index contributed by atoms with van der Waals surface area (Å²) < 4.78 is 77.3. The minimum absolute atomic E-state index is 0.0977. The van der Waals surface area contributed by atoms with Gasteiger partial charge in [-0.1, -0.05) is 49.1 Å². The topological polar surface area (TPSA) is 101 Å². The van der Waals surface area contributed by atoms with Crippen LogP contribution in [0.4, 0.5) is 19.0 Å². The molecule has 2 heterocycles. The van der Waals surface area contributed by atoms with Gasteiger partial charge in [-0.3, -0.25) is 4.72 Å². The molecule has 2 unspecified atom stereocenters. The number of sulfonamides is 1. The standard InChI is InChI=1S/C27H30F3N3O4S/c1-3-5-12-21(13-10-19-34)37-26(17-8-9-18-31-26)38(35,36)33-24-16-15-23(27(28,29)30)25(32-24)22-14-7-6-11-20(22)4-2/h3-4,6-9,11,14-18,21,31,34H,1-2,5,10,12-13,19H2,(H,32,33). The monoisotopic (exact) mass is 549 g/mol. The first kappa shape index (κ1) is 29.2. The highest BCUT2D eigenvalue weighted by Gasteiger charge is 2.45. The van der Waals surface area contributed by atoms with E-state index in [1.165, 1.54) is 30.5 Å². The number of alkyl halides is 3. The summed E-state index contributed by atoms with van der Waals surface area (Å²) in [5.74, 6) is -0.322. The molecule has 1 aromatic heterocycles. The van der Waals surface area contributed by atoms with Crippen molar-refractivity contribution in [3.05, 3.63) is 91.2 Å². The van der Waals surface area contributed by atoms with Crippen molar-refractivity contribution in [2.24, 2.45) is 0 Å². The molecule has 11 heteroatoms. The molecule has 2 aromatic rings. The van der Waals surface area contributed by atoms with Crippen LogP contribution >= 0.6 is 0 Å². The molecule has 0 fully saturated rings. The molecule has 0 spiro atoms. The van der Waals surface area contributed by atoms with Crippen LogP contribution in [0.1, 0.15) is 36.8 Å². The number of aromatic nitrogens is 1. The van der Waals surface area contributed by atoms with Gasteiger partial charge >= 0.3 is 6.18 Å². The quantitative estimate of drug-likeness (QED) is 0.281. The van der Waals surface area contributed by atoms with Crippen LogP contribution in [-0.4, -0.2) is 36.3 Å². The molecule has 0 saturated carbocycles. The summed E-state index contributed by atoms with van der Waals surface area (Å²) in [5.41, 5.74) is -0.912. The van der Waals surface area contributed by atoms with Gasteiger partial charge in [-0.2, -0.15) is 13.2 Å². The molecule has 1 aromatic carbocycles. The first-order chi connectivity index (χ1) is 18.1. The molecule has 7 nitrogen and oxygen atoms in total. The highest BCUT2D eigenvalue weighted by atomic mass is 32.2. The second-order valence-electron chi connectivity index (χ2n) is 8.49. The third-order valence-corrected chi connectivity index (χ3v) is 7.43. The lowest BCUT2D eigenvalue weighted by Crippen LogP contribution is -2.55. The lowest BCUT2D eigenvalue weighted by Gasteiger charge is -2.35. The molecule has 1 aliphatic rings. The molecule has 0 amide bonds. The summed E-state index contributed by atoms with van der Waals surface area (Å²) in [7, 11) is -4.48. The van der Waals surface area contributed by atoms with E-state index in [-0.39, 0.29) is 18.0 Å². The molecule has 0 aliphatic carbocycles. The minimum atomic E-state index is -4.73. The van der Waals surface area contributed by atoms with Crippen molar-refractivity contribution >= 4 is 21.9 Å². The molecule has 204 valence electrons. The van der Waals surface area contributed by atoms with Gasteiger partial charge in [0.15, 0.2) is 0 Å². The van der Waals surface area contributed by atoms with E-state index >= 15 is 0 Å². The Bertz CT molecular complexity index is 1310. The zero-order valence-electron chi connectivity index (χ0n) is 20.6. The van der Waals surface area contributed by atoms with Gasteiger partial charge in [-0.15, -0.1) is 6.58 Å². The van der Waals surface area contributed by atoms with E-state index in [2.05, 4.69) is 28.2 Å². The van der Waals surface area contributed by atoms with Crippen molar-refractivity contribution in [1.29, 1.82) is 0 Å². The summed E-state index contributed by atoms with van der Waals surface area (Å²) in [5, 5.41) is 9.91. The van der Waals surface area contributed by atoms with Crippen LogP contribution in [0.2, 0.25) is 0 Å². The first-order valence-corrected chi connectivity index (χ1v) is 13.4. The normalized spacial score (nSPS) is 18.0. The number of hydrogen-bond donors (Lipinski definition) is 3. The Morgan fingerprint density at radius 3 is 2.55 bits per heavy atom. The Labute approximate surface area is 220 Å².